The van der Waals surface area contributed by atoms with Gasteiger partial charge in [-0.25, -0.2) is 0 Å². The standard InChI is InChI=1S/C44H32N2.C26H20N2.3C9H7NO.Al/c1-3-17-37(18-4-1)45(43-23-11-15-35-13-7-9-21-41(35)43)39-29-25-33(26-30-39)34-27-31-40(32-28-34)46(38-19-5-2-6-20-38)44-24-12-16-36-14-8-10-22-42(36)44;1-17-15-23(19-9-5-3-6-10-19)21-13-14-22-24(20-11-7-4-8-12-20)16-18(2)28-26(22)25(21)27-17;3*11-8-5-1-3-7-4-2-6-10-9(7)8;/h1-32H;3-16H,1-2H3;3*1-6,11H;/q;;;;;+3/p-3. The van der Waals surface area contributed by atoms with Gasteiger partial charge in [-0.05, 0) is 167 Å². The Morgan fingerprint density at radius 1 is 0.241 bits per heavy atom. The first-order chi connectivity index (χ1) is 53.4. The van der Waals surface area contributed by atoms with Crippen molar-refractivity contribution in [3.8, 4) is 50.6 Å². The van der Waals surface area contributed by atoms with Crippen LogP contribution in [0.25, 0.3) is 109 Å². The number of benzene rings is 14. The Bertz CT molecular complexity index is 5910. The summed E-state index contributed by atoms with van der Waals surface area (Å²) < 4.78 is 19.2. The molecule has 0 bridgehead atoms. The Labute approximate surface area is 631 Å². The molecule has 0 aliphatic heterocycles. The van der Waals surface area contributed by atoms with E-state index in [-0.39, 0.29) is 0 Å². The Balaban J connectivity index is 0.000000123. The first-order valence-corrected chi connectivity index (χ1v) is 37.5. The van der Waals surface area contributed by atoms with Crippen LogP contribution in [0.1, 0.15) is 11.4 Å². The maximum Gasteiger partial charge on any atom is 1.20 e. The minimum absolute atomic E-state index is 0.608. The highest BCUT2D eigenvalue weighted by Gasteiger charge is 2.46. The quantitative estimate of drug-likeness (QED) is 0.0729. The highest BCUT2D eigenvalue weighted by Crippen LogP contribution is 2.43. The molecule has 0 fully saturated rings. The van der Waals surface area contributed by atoms with Crippen LogP contribution in [0.4, 0.5) is 34.1 Å². The van der Waals surface area contributed by atoms with E-state index in [1.165, 1.54) is 54.9 Å². The zero-order valence-electron chi connectivity index (χ0n) is 59.4. The fourth-order valence-corrected chi connectivity index (χ4v) is 15.6. The van der Waals surface area contributed by atoms with E-state index < -0.39 is 15.1 Å². The second-order valence-electron chi connectivity index (χ2n) is 26.3. The number of para-hydroxylation sites is 5. The van der Waals surface area contributed by atoms with Crippen molar-refractivity contribution >= 4 is 125 Å². The molecule has 514 valence electrons. The lowest BCUT2D eigenvalue weighted by Crippen LogP contribution is -2.37. The molecule has 0 amide bonds. The van der Waals surface area contributed by atoms with Crippen LogP contribution in [0, 0.1) is 13.8 Å². The van der Waals surface area contributed by atoms with Gasteiger partial charge in [0.15, 0.2) is 0 Å². The molecule has 19 aromatic rings. The molecule has 0 saturated heterocycles. The van der Waals surface area contributed by atoms with Gasteiger partial charge in [0, 0.05) is 90.4 Å². The van der Waals surface area contributed by atoms with Gasteiger partial charge in [0.25, 0.3) is 0 Å². The molecule has 0 saturated carbocycles. The number of nitrogens with zero attached hydrogens (tertiary/aromatic N) is 7. The summed E-state index contributed by atoms with van der Waals surface area (Å²) >= 11 is -2.86. The molecule has 108 heavy (non-hydrogen) atoms. The molecule has 5 heterocycles. The van der Waals surface area contributed by atoms with Gasteiger partial charge in [-0.1, -0.05) is 261 Å². The normalized spacial score (nSPS) is 11.1. The van der Waals surface area contributed by atoms with Crippen molar-refractivity contribution in [1.29, 1.82) is 0 Å². The number of hydrogen-bond acceptors (Lipinski definition) is 10. The lowest BCUT2D eigenvalue weighted by molar-refractivity contribution is 0.311. The first-order valence-electron chi connectivity index (χ1n) is 36.1. The second kappa shape index (κ2) is 30.9. The minimum atomic E-state index is -2.86. The molecule has 5 aromatic heterocycles. The molecule has 19 rings (SSSR count). The molecule has 0 atom stereocenters. The molecule has 14 aromatic carbocycles. The highest BCUT2D eigenvalue weighted by atomic mass is 27.3. The third-order valence-corrected chi connectivity index (χ3v) is 20.6. The van der Waals surface area contributed by atoms with Crippen molar-refractivity contribution in [2.24, 2.45) is 0 Å². The summed E-state index contributed by atoms with van der Waals surface area (Å²) in [7, 11) is 0. The van der Waals surface area contributed by atoms with E-state index in [9.17, 15) is 0 Å². The van der Waals surface area contributed by atoms with E-state index in [1.807, 2.05) is 103 Å². The summed E-state index contributed by atoms with van der Waals surface area (Å²) in [5.41, 5.74) is 20.2. The molecule has 0 unspecified atom stereocenters. The number of anilines is 6. The van der Waals surface area contributed by atoms with Crippen molar-refractivity contribution in [2.75, 3.05) is 9.80 Å². The summed E-state index contributed by atoms with van der Waals surface area (Å²) in [6, 6.07) is 128. The van der Waals surface area contributed by atoms with Gasteiger partial charge in [-0.15, -0.1) is 0 Å². The summed E-state index contributed by atoms with van der Waals surface area (Å²) in [6.07, 6.45) is 5.24. The topological polar surface area (TPSA) is 98.6 Å². The molecular weight excluding hydrogens is 1340 g/mol. The molecule has 0 radical (unpaired) electrons. The van der Waals surface area contributed by atoms with Crippen molar-refractivity contribution in [1.82, 2.24) is 24.9 Å². The predicted molar refractivity (Wildman–Crippen MR) is 447 cm³/mol. The Morgan fingerprint density at radius 3 is 0.926 bits per heavy atom. The van der Waals surface area contributed by atoms with E-state index >= 15 is 0 Å². The van der Waals surface area contributed by atoms with Gasteiger partial charge < -0.3 is 21.2 Å². The number of fused-ring (bicyclic) bond motifs is 8. The maximum absolute atomic E-state index is 6.41. The van der Waals surface area contributed by atoms with Crippen LogP contribution in [0.15, 0.2) is 389 Å². The van der Waals surface area contributed by atoms with Crippen molar-refractivity contribution < 1.29 is 11.4 Å². The van der Waals surface area contributed by atoms with Crippen LogP contribution in [0.5, 0.6) is 17.2 Å². The molecule has 0 aliphatic rings. The number of aryl methyl sites for hydroxylation is 2. The van der Waals surface area contributed by atoms with E-state index in [0.29, 0.717) is 17.2 Å². The minimum Gasteiger partial charge on any atom is -0.576 e. The molecule has 0 N–H and O–H groups in total. The molecule has 11 heteroatoms. The highest BCUT2D eigenvalue weighted by molar-refractivity contribution is 6.40. The molecule has 0 spiro atoms. The Kier molecular flexibility index (Phi) is 19.2. The summed E-state index contributed by atoms with van der Waals surface area (Å²) in [6.45, 7) is 4.11. The van der Waals surface area contributed by atoms with Crippen LogP contribution in [0.3, 0.4) is 0 Å². The largest absolute Gasteiger partial charge is 1.20 e. The average Bonchev–Trinajstić information content (AvgIpc) is 0.755. The lowest BCUT2D eigenvalue weighted by Gasteiger charge is -2.27. The first kappa shape index (κ1) is 67.4. The van der Waals surface area contributed by atoms with Gasteiger partial charge in [0.1, 0.15) is 33.8 Å². The van der Waals surface area contributed by atoms with E-state index in [4.69, 9.17) is 21.3 Å². The second-order valence-corrected chi connectivity index (χ2v) is 27.6. The van der Waals surface area contributed by atoms with Crippen LogP contribution in [-0.4, -0.2) is 40.1 Å². The van der Waals surface area contributed by atoms with Gasteiger partial charge in [-0.2, -0.15) is 0 Å². The number of pyridine rings is 5. The number of rotatable bonds is 15. The SMILES string of the molecule is Cc1cc(-c2ccccc2)c2ccc3c(-c4ccccc4)cc(C)nc3c2n1.c1ccc(N(c2ccc(-c3ccc(N(c4ccccc4)c4cccc5ccccc45)cc3)cc2)c2cccc3ccccc23)cc1.c1cnc2c([O][Al]([O]c3cccc4cccnc34)[O]c3cccc4cccnc34)cccc2c1. The van der Waals surface area contributed by atoms with Gasteiger partial charge in [0.2, 0.25) is 0 Å². The third kappa shape index (κ3) is 14.2. The summed E-state index contributed by atoms with van der Waals surface area (Å²) in [4.78, 5) is 28.0. The van der Waals surface area contributed by atoms with Gasteiger partial charge >= 0.3 is 15.1 Å². The zero-order valence-corrected chi connectivity index (χ0v) is 60.5. The summed E-state index contributed by atoms with van der Waals surface area (Å²) in [5, 5.41) is 10.1. The maximum atomic E-state index is 6.41. The fourth-order valence-electron chi connectivity index (χ4n) is 14.3. The predicted octanol–water partition coefficient (Wildman–Crippen LogP) is 25.2. The smallest absolute Gasteiger partial charge is 0.576 e. The summed E-state index contributed by atoms with van der Waals surface area (Å²) in [5.74, 6) is 1.82. The zero-order chi connectivity index (χ0) is 72.5. The Hall–Kier alpha value is -13.8. The number of hydrogen-bond donors (Lipinski definition) is 0. The fraction of sp³-hybridized carbons (Fsp3) is 0.0206. The van der Waals surface area contributed by atoms with Crippen molar-refractivity contribution in [2.45, 2.75) is 13.8 Å². The van der Waals surface area contributed by atoms with Crippen LogP contribution < -0.4 is 21.2 Å². The van der Waals surface area contributed by atoms with Gasteiger partial charge in [0.05, 0.1) is 22.4 Å². The Morgan fingerprint density at radius 2 is 0.546 bits per heavy atom. The van der Waals surface area contributed by atoms with Crippen LogP contribution in [0.2, 0.25) is 0 Å². The molecular formula is C97H70AlN7O3. The average molecular weight is 1410 g/mol. The van der Waals surface area contributed by atoms with Gasteiger partial charge in [-0.3, -0.25) is 24.9 Å². The van der Waals surface area contributed by atoms with Crippen LogP contribution >= 0.6 is 0 Å². The molecule has 0 aliphatic carbocycles. The number of aromatic nitrogens is 5. The van der Waals surface area contributed by atoms with Crippen LogP contribution in [-0.2, 0) is 0 Å². The van der Waals surface area contributed by atoms with Crippen molar-refractivity contribution in [3.63, 3.8) is 0 Å². The van der Waals surface area contributed by atoms with E-state index in [1.54, 1.807) is 18.6 Å². The lowest BCUT2D eigenvalue weighted by atomic mass is 9.95. The van der Waals surface area contributed by atoms with E-state index in [0.717, 1.165) is 100 Å². The van der Waals surface area contributed by atoms with Crippen molar-refractivity contribution in [3.05, 3.63) is 400 Å². The third-order valence-electron chi connectivity index (χ3n) is 19.3. The molecule has 10 nitrogen and oxygen atoms in total. The van der Waals surface area contributed by atoms with E-state index in [2.05, 4.69) is 306 Å². The monoisotopic (exact) mass is 1410 g/mol.